The van der Waals surface area contributed by atoms with E-state index in [0.29, 0.717) is 26.1 Å². The first-order valence-electron chi connectivity index (χ1n) is 7.66. The number of hydrogen-bond donors (Lipinski definition) is 1. The number of aryl methyl sites for hydroxylation is 1. The van der Waals surface area contributed by atoms with E-state index in [4.69, 9.17) is 4.74 Å². The molecular formula is C19H14Br2FNO2S. The minimum atomic E-state index is -0.395. The van der Waals surface area contributed by atoms with Gasteiger partial charge in [-0.2, -0.15) is 0 Å². The van der Waals surface area contributed by atoms with Crippen molar-refractivity contribution in [2.75, 3.05) is 5.32 Å². The van der Waals surface area contributed by atoms with Crippen LogP contribution in [0.4, 0.5) is 10.1 Å². The molecule has 1 aromatic heterocycles. The topological polar surface area (TPSA) is 38.3 Å². The molecule has 0 bridgehead atoms. The Balaban J connectivity index is 1.68. The van der Waals surface area contributed by atoms with Gasteiger partial charge >= 0.3 is 0 Å². The third kappa shape index (κ3) is 4.52. The third-order valence-corrected chi connectivity index (χ3v) is 5.84. The van der Waals surface area contributed by atoms with Crippen molar-refractivity contribution in [1.82, 2.24) is 0 Å². The Kier molecular flexibility index (Phi) is 6.11. The molecule has 0 aliphatic heterocycles. The van der Waals surface area contributed by atoms with Crippen LogP contribution in [0, 0.1) is 12.7 Å². The average Bonchev–Trinajstić information content (AvgIpc) is 3.06. The number of halogens is 3. The highest BCUT2D eigenvalue weighted by Gasteiger charge is 2.15. The normalized spacial score (nSPS) is 10.6. The number of ether oxygens (including phenoxy) is 1. The summed E-state index contributed by atoms with van der Waals surface area (Å²) < 4.78 is 20.1. The van der Waals surface area contributed by atoms with Crippen LogP contribution in [0.5, 0.6) is 5.75 Å². The van der Waals surface area contributed by atoms with Gasteiger partial charge in [-0.1, -0.05) is 18.2 Å². The molecule has 0 saturated carbocycles. The average molecular weight is 499 g/mol. The van der Waals surface area contributed by atoms with Crippen molar-refractivity contribution in [2.24, 2.45) is 0 Å². The van der Waals surface area contributed by atoms with Gasteiger partial charge in [-0.05, 0) is 74.0 Å². The van der Waals surface area contributed by atoms with Gasteiger partial charge in [0.1, 0.15) is 18.2 Å². The zero-order valence-electron chi connectivity index (χ0n) is 13.7. The zero-order chi connectivity index (χ0) is 18.7. The van der Waals surface area contributed by atoms with Crippen LogP contribution in [-0.2, 0) is 6.61 Å². The lowest BCUT2D eigenvalue weighted by molar-refractivity contribution is 0.103. The van der Waals surface area contributed by atoms with E-state index in [1.165, 1.54) is 23.5 Å². The van der Waals surface area contributed by atoms with E-state index in [0.717, 1.165) is 16.9 Å². The van der Waals surface area contributed by atoms with Crippen molar-refractivity contribution in [3.05, 3.63) is 78.6 Å². The number of hydrogen-bond acceptors (Lipinski definition) is 3. The molecule has 1 amide bonds. The first-order valence-corrected chi connectivity index (χ1v) is 10.1. The van der Waals surface area contributed by atoms with Gasteiger partial charge in [0.05, 0.1) is 10.6 Å². The summed E-state index contributed by atoms with van der Waals surface area (Å²) in [5, 5.41) is 4.68. The number of rotatable bonds is 5. The molecule has 3 nitrogen and oxygen atoms in total. The summed E-state index contributed by atoms with van der Waals surface area (Å²) in [5.41, 5.74) is 2.47. The van der Waals surface area contributed by atoms with Crippen LogP contribution in [0.15, 0.2) is 56.8 Å². The minimum absolute atomic E-state index is 0.259. The van der Waals surface area contributed by atoms with Crippen molar-refractivity contribution in [2.45, 2.75) is 13.5 Å². The molecular weight excluding hydrogens is 485 g/mol. The summed E-state index contributed by atoms with van der Waals surface area (Å²) in [4.78, 5) is 13.0. The van der Waals surface area contributed by atoms with Gasteiger partial charge in [0.2, 0.25) is 0 Å². The second-order valence-corrected chi connectivity index (χ2v) is 8.19. The predicted octanol–water partition coefficient (Wildman–Crippen LogP) is 6.55. The number of carbonyl (C=O) groups excluding carboxylic acids is 1. The van der Waals surface area contributed by atoms with E-state index in [9.17, 15) is 9.18 Å². The number of amides is 1. The molecule has 0 saturated heterocycles. The standard InChI is InChI=1S/C19H14Br2FNO2S/c1-11-4-2-3-5-16(11)25-9-12-6-17(26-10-12)19(24)23-18-14(20)7-13(22)8-15(18)21/h2-8,10H,9H2,1H3,(H,23,24). The second kappa shape index (κ2) is 8.33. The molecule has 2 aromatic carbocycles. The van der Waals surface area contributed by atoms with E-state index >= 15 is 0 Å². The predicted molar refractivity (Wildman–Crippen MR) is 110 cm³/mol. The lowest BCUT2D eigenvalue weighted by Crippen LogP contribution is -2.11. The molecule has 0 fully saturated rings. The van der Waals surface area contributed by atoms with Crippen LogP contribution >= 0.6 is 43.2 Å². The SMILES string of the molecule is Cc1ccccc1OCc1csc(C(=O)Nc2c(Br)cc(F)cc2Br)c1. The lowest BCUT2D eigenvalue weighted by atomic mass is 10.2. The van der Waals surface area contributed by atoms with Gasteiger partial charge in [-0.15, -0.1) is 11.3 Å². The number of anilines is 1. The third-order valence-electron chi connectivity index (χ3n) is 3.61. The maximum Gasteiger partial charge on any atom is 0.265 e. The highest BCUT2D eigenvalue weighted by Crippen LogP contribution is 2.32. The van der Waals surface area contributed by atoms with Gasteiger partial charge in [-0.3, -0.25) is 4.79 Å². The van der Waals surface area contributed by atoms with Crippen molar-refractivity contribution < 1.29 is 13.9 Å². The number of para-hydroxylation sites is 1. The fourth-order valence-corrected chi connectivity index (χ4v) is 4.41. The number of nitrogens with one attached hydrogen (secondary N) is 1. The van der Waals surface area contributed by atoms with E-state index in [2.05, 4.69) is 37.2 Å². The maximum atomic E-state index is 13.3. The number of carbonyl (C=O) groups is 1. The molecule has 134 valence electrons. The minimum Gasteiger partial charge on any atom is -0.489 e. The maximum absolute atomic E-state index is 13.3. The Morgan fingerprint density at radius 3 is 2.58 bits per heavy atom. The molecule has 1 N–H and O–H groups in total. The Morgan fingerprint density at radius 2 is 1.88 bits per heavy atom. The molecule has 0 radical (unpaired) electrons. The van der Waals surface area contributed by atoms with Crippen molar-refractivity contribution in [1.29, 1.82) is 0 Å². The fraction of sp³-hybridized carbons (Fsp3) is 0.105. The monoisotopic (exact) mass is 497 g/mol. The Bertz CT molecular complexity index is 935. The molecule has 7 heteroatoms. The summed E-state index contributed by atoms with van der Waals surface area (Å²) >= 11 is 7.86. The van der Waals surface area contributed by atoms with Crippen LogP contribution < -0.4 is 10.1 Å². The van der Waals surface area contributed by atoms with E-state index in [-0.39, 0.29) is 5.91 Å². The van der Waals surface area contributed by atoms with Crippen LogP contribution in [-0.4, -0.2) is 5.91 Å². The van der Waals surface area contributed by atoms with Crippen LogP contribution in [0.3, 0.4) is 0 Å². The van der Waals surface area contributed by atoms with Gasteiger partial charge in [0, 0.05) is 14.5 Å². The number of thiophene rings is 1. The molecule has 0 atom stereocenters. The van der Waals surface area contributed by atoms with Crippen molar-refractivity contribution >= 4 is 54.8 Å². The highest BCUT2D eigenvalue weighted by molar-refractivity contribution is 9.11. The molecule has 0 spiro atoms. The molecule has 0 aliphatic rings. The van der Waals surface area contributed by atoms with E-state index < -0.39 is 5.82 Å². The van der Waals surface area contributed by atoms with Gasteiger partial charge < -0.3 is 10.1 Å². The molecule has 1 heterocycles. The summed E-state index contributed by atoms with van der Waals surface area (Å²) in [6, 6.07) is 12.2. The van der Waals surface area contributed by atoms with Crippen LogP contribution in [0.2, 0.25) is 0 Å². The highest BCUT2D eigenvalue weighted by atomic mass is 79.9. The lowest BCUT2D eigenvalue weighted by Gasteiger charge is -2.09. The quantitative estimate of drug-likeness (QED) is 0.433. The molecule has 3 aromatic rings. The largest absolute Gasteiger partial charge is 0.489 e. The Labute approximate surface area is 171 Å². The summed E-state index contributed by atoms with van der Waals surface area (Å²) in [5.74, 6) is 0.169. The van der Waals surface area contributed by atoms with Gasteiger partial charge in [0.15, 0.2) is 0 Å². The van der Waals surface area contributed by atoms with Crippen molar-refractivity contribution in [3.8, 4) is 5.75 Å². The van der Waals surface area contributed by atoms with E-state index in [1.54, 1.807) is 6.07 Å². The summed E-state index contributed by atoms with van der Waals surface area (Å²) in [7, 11) is 0. The smallest absolute Gasteiger partial charge is 0.265 e. The Morgan fingerprint density at radius 1 is 1.19 bits per heavy atom. The van der Waals surface area contributed by atoms with Crippen LogP contribution in [0.1, 0.15) is 20.8 Å². The Hall–Kier alpha value is -1.70. The van der Waals surface area contributed by atoms with Crippen LogP contribution in [0.25, 0.3) is 0 Å². The number of benzene rings is 2. The second-order valence-electron chi connectivity index (χ2n) is 5.57. The fourth-order valence-electron chi connectivity index (χ4n) is 2.29. The zero-order valence-corrected chi connectivity index (χ0v) is 17.7. The van der Waals surface area contributed by atoms with Gasteiger partial charge in [-0.25, -0.2) is 4.39 Å². The summed E-state index contributed by atoms with van der Waals surface area (Å²) in [6.45, 7) is 2.37. The first kappa shape index (κ1) is 19.1. The first-order chi connectivity index (χ1) is 12.4. The molecule has 0 unspecified atom stereocenters. The molecule has 0 aliphatic carbocycles. The summed E-state index contributed by atoms with van der Waals surface area (Å²) in [6.07, 6.45) is 0. The molecule has 3 rings (SSSR count). The van der Waals surface area contributed by atoms with Crippen molar-refractivity contribution in [3.63, 3.8) is 0 Å². The van der Waals surface area contributed by atoms with E-state index in [1.807, 2.05) is 36.6 Å². The molecule has 26 heavy (non-hydrogen) atoms. The van der Waals surface area contributed by atoms with Gasteiger partial charge in [0.25, 0.3) is 5.91 Å².